The van der Waals surface area contributed by atoms with E-state index in [2.05, 4.69) is 37.3 Å². The lowest BCUT2D eigenvalue weighted by Crippen LogP contribution is -1.86. The molecule has 0 fully saturated rings. The number of rotatable bonds is 2. The third-order valence-corrected chi connectivity index (χ3v) is 2.57. The molecule has 0 aromatic heterocycles. The van der Waals surface area contributed by atoms with Gasteiger partial charge in [-0.15, -0.1) is 0 Å². The average Bonchev–Trinajstić information content (AvgIpc) is 2.74. The highest BCUT2D eigenvalue weighted by Crippen LogP contribution is 2.32. The van der Waals surface area contributed by atoms with Crippen LogP contribution in [0.25, 0.3) is 5.57 Å². The van der Waals surface area contributed by atoms with Crippen LogP contribution in [0.15, 0.2) is 47.7 Å². The van der Waals surface area contributed by atoms with Crippen molar-refractivity contribution in [2.24, 2.45) is 0 Å². The van der Waals surface area contributed by atoms with Crippen molar-refractivity contribution in [3.8, 4) is 0 Å². The monoisotopic (exact) mass is 216 g/mol. The number of ether oxygens (including phenoxy) is 1. The Morgan fingerprint density at radius 2 is 1.69 bits per heavy atom. The predicted octanol–water partition coefficient (Wildman–Crippen LogP) is 4.42. The Balaban J connectivity index is 0.000000606. The topological polar surface area (TPSA) is 9.23 Å². The average molecular weight is 216 g/mol. The van der Waals surface area contributed by atoms with Crippen molar-refractivity contribution in [3.63, 3.8) is 0 Å². The number of methoxy groups -OCH3 is 1. The van der Waals surface area contributed by atoms with Crippen LogP contribution in [0.3, 0.4) is 0 Å². The first-order valence-electron chi connectivity index (χ1n) is 5.81. The van der Waals surface area contributed by atoms with Gasteiger partial charge in [0.15, 0.2) is 0 Å². The molecule has 86 valence electrons. The van der Waals surface area contributed by atoms with Crippen LogP contribution in [-0.4, -0.2) is 7.11 Å². The van der Waals surface area contributed by atoms with Gasteiger partial charge in [-0.05, 0) is 23.6 Å². The van der Waals surface area contributed by atoms with E-state index in [1.807, 2.05) is 19.9 Å². The first kappa shape index (κ1) is 12.6. The largest absolute Gasteiger partial charge is 0.500 e. The first-order chi connectivity index (χ1) is 7.81. The standard InChI is InChI=1S/C13H14O.C2H6/c1-10-8-12(9-13(10)14-2)11-6-4-3-5-7-11;1-2/h3-8H,9H2,1-2H3;1-2H3. The van der Waals surface area contributed by atoms with Crippen molar-refractivity contribution < 1.29 is 4.74 Å². The summed E-state index contributed by atoms with van der Waals surface area (Å²) >= 11 is 0. The van der Waals surface area contributed by atoms with E-state index in [-0.39, 0.29) is 0 Å². The van der Waals surface area contributed by atoms with Gasteiger partial charge in [0, 0.05) is 6.42 Å². The summed E-state index contributed by atoms with van der Waals surface area (Å²) in [4.78, 5) is 0. The first-order valence-corrected chi connectivity index (χ1v) is 5.81. The van der Waals surface area contributed by atoms with Crippen molar-refractivity contribution in [1.82, 2.24) is 0 Å². The van der Waals surface area contributed by atoms with E-state index in [0.717, 1.165) is 12.2 Å². The van der Waals surface area contributed by atoms with Gasteiger partial charge in [-0.1, -0.05) is 50.3 Å². The van der Waals surface area contributed by atoms with E-state index >= 15 is 0 Å². The van der Waals surface area contributed by atoms with Gasteiger partial charge < -0.3 is 4.74 Å². The highest BCUT2D eigenvalue weighted by atomic mass is 16.5. The molecular weight excluding hydrogens is 196 g/mol. The molecule has 1 aromatic carbocycles. The summed E-state index contributed by atoms with van der Waals surface area (Å²) in [5.74, 6) is 1.09. The van der Waals surface area contributed by atoms with Crippen LogP contribution >= 0.6 is 0 Å². The van der Waals surface area contributed by atoms with Crippen LogP contribution in [-0.2, 0) is 4.74 Å². The van der Waals surface area contributed by atoms with Crippen molar-refractivity contribution in [2.75, 3.05) is 7.11 Å². The molecule has 0 aliphatic heterocycles. The van der Waals surface area contributed by atoms with Gasteiger partial charge in [-0.25, -0.2) is 0 Å². The molecule has 0 radical (unpaired) electrons. The molecule has 0 saturated heterocycles. The lowest BCUT2D eigenvalue weighted by atomic mass is 10.1. The summed E-state index contributed by atoms with van der Waals surface area (Å²) < 4.78 is 5.30. The Morgan fingerprint density at radius 3 is 2.19 bits per heavy atom. The Morgan fingerprint density at radius 1 is 1.06 bits per heavy atom. The van der Waals surface area contributed by atoms with E-state index in [0.29, 0.717) is 0 Å². The van der Waals surface area contributed by atoms with Gasteiger partial charge in [0.2, 0.25) is 0 Å². The third-order valence-electron chi connectivity index (χ3n) is 2.57. The van der Waals surface area contributed by atoms with Crippen molar-refractivity contribution in [3.05, 3.63) is 53.3 Å². The summed E-state index contributed by atoms with van der Waals surface area (Å²) in [5, 5.41) is 0. The SMILES string of the molecule is CC.COC1=C(C)C=C(c2ccccc2)C1. The Bertz CT molecular complexity index is 385. The second kappa shape index (κ2) is 6.16. The molecule has 0 saturated carbocycles. The molecule has 0 bridgehead atoms. The fourth-order valence-electron chi connectivity index (χ4n) is 1.78. The Hall–Kier alpha value is -1.50. The molecule has 16 heavy (non-hydrogen) atoms. The van der Waals surface area contributed by atoms with Crippen LogP contribution in [0, 0.1) is 0 Å². The molecular formula is C15H20O. The lowest BCUT2D eigenvalue weighted by Gasteiger charge is -2.04. The Kier molecular flexibility index (Phi) is 4.84. The zero-order valence-electron chi connectivity index (χ0n) is 10.6. The second-order valence-electron chi connectivity index (χ2n) is 3.52. The van der Waals surface area contributed by atoms with Crippen LogP contribution in [0.1, 0.15) is 32.8 Å². The molecule has 0 unspecified atom stereocenters. The Labute approximate surface area is 98.5 Å². The van der Waals surface area contributed by atoms with E-state index in [9.17, 15) is 0 Å². The molecule has 0 amide bonds. The fraction of sp³-hybridized carbons (Fsp3) is 0.333. The summed E-state index contributed by atoms with van der Waals surface area (Å²) in [5.41, 5.74) is 3.88. The molecule has 0 heterocycles. The molecule has 0 atom stereocenters. The van der Waals surface area contributed by atoms with Gasteiger partial charge in [0.1, 0.15) is 5.76 Å². The van der Waals surface area contributed by atoms with Gasteiger partial charge in [-0.2, -0.15) is 0 Å². The van der Waals surface area contributed by atoms with Crippen LogP contribution in [0.2, 0.25) is 0 Å². The summed E-state index contributed by atoms with van der Waals surface area (Å²) in [6, 6.07) is 10.4. The lowest BCUT2D eigenvalue weighted by molar-refractivity contribution is 0.285. The van der Waals surface area contributed by atoms with E-state index in [1.54, 1.807) is 7.11 Å². The maximum absolute atomic E-state index is 5.30. The number of benzene rings is 1. The smallest absolute Gasteiger partial charge is 0.103 e. The molecule has 2 rings (SSSR count). The molecule has 1 nitrogen and oxygen atoms in total. The van der Waals surface area contributed by atoms with E-state index < -0.39 is 0 Å². The minimum absolute atomic E-state index is 0.923. The minimum atomic E-state index is 0.923. The fourth-order valence-corrected chi connectivity index (χ4v) is 1.78. The molecule has 0 spiro atoms. The summed E-state index contributed by atoms with van der Waals surface area (Å²) in [6.07, 6.45) is 3.13. The van der Waals surface area contributed by atoms with E-state index in [1.165, 1.54) is 16.7 Å². The van der Waals surface area contributed by atoms with Gasteiger partial charge in [0.25, 0.3) is 0 Å². The molecule has 1 aromatic rings. The zero-order valence-corrected chi connectivity index (χ0v) is 10.6. The summed E-state index contributed by atoms with van der Waals surface area (Å²) in [7, 11) is 1.74. The van der Waals surface area contributed by atoms with E-state index in [4.69, 9.17) is 4.74 Å². The number of hydrogen-bond donors (Lipinski definition) is 0. The van der Waals surface area contributed by atoms with Crippen LogP contribution < -0.4 is 0 Å². The minimum Gasteiger partial charge on any atom is -0.500 e. The number of hydrogen-bond acceptors (Lipinski definition) is 1. The normalized spacial score (nSPS) is 14.1. The predicted molar refractivity (Wildman–Crippen MR) is 70.1 cm³/mol. The summed E-state index contributed by atoms with van der Waals surface area (Å²) in [6.45, 7) is 6.09. The third kappa shape index (κ3) is 2.75. The zero-order chi connectivity index (χ0) is 12.0. The molecule has 1 aliphatic carbocycles. The van der Waals surface area contributed by atoms with Gasteiger partial charge in [0.05, 0.1) is 7.11 Å². The van der Waals surface area contributed by atoms with Crippen molar-refractivity contribution in [2.45, 2.75) is 27.2 Å². The molecule has 1 aliphatic rings. The maximum Gasteiger partial charge on any atom is 0.103 e. The van der Waals surface area contributed by atoms with Crippen molar-refractivity contribution in [1.29, 1.82) is 0 Å². The van der Waals surface area contributed by atoms with Crippen LogP contribution in [0.4, 0.5) is 0 Å². The maximum atomic E-state index is 5.30. The number of allylic oxidation sites excluding steroid dienone is 3. The van der Waals surface area contributed by atoms with Crippen LogP contribution in [0.5, 0.6) is 0 Å². The van der Waals surface area contributed by atoms with Crippen molar-refractivity contribution >= 4 is 5.57 Å². The molecule has 0 N–H and O–H groups in total. The van der Waals surface area contributed by atoms with Gasteiger partial charge >= 0.3 is 0 Å². The molecule has 1 heteroatoms. The van der Waals surface area contributed by atoms with Gasteiger partial charge in [-0.3, -0.25) is 0 Å². The quantitative estimate of drug-likeness (QED) is 0.711. The highest BCUT2D eigenvalue weighted by molar-refractivity contribution is 5.73. The second-order valence-corrected chi connectivity index (χ2v) is 3.52. The highest BCUT2D eigenvalue weighted by Gasteiger charge is 2.14.